The summed E-state index contributed by atoms with van der Waals surface area (Å²) in [5.74, 6) is -1.63. The lowest BCUT2D eigenvalue weighted by Gasteiger charge is -2.18. The number of imide groups is 2. The molecule has 1 saturated carbocycles. The van der Waals surface area contributed by atoms with E-state index in [0.717, 1.165) is 22.6 Å². The van der Waals surface area contributed by atoms with Crippen molar-refractivity contribution in [1.29, 1.82) is 0 Å². The van der Waals surface area contributed by atoms with E-state index in [9.17, 15) is 19.2 Å². The smallest absolute Gasteiger partial charge is 0.334 e. The first kappa shape index (κ1) is 15.5. The van der Waals surface area contributed by atoms with Gasteiger partial charge >= 0.3 is 17.8 Å². The second-order valence-corrected chi connectivity index (χ2v) is 6.18. The maximum atomic E-state index is 12.1. The quantitative estimate of drug-likeness (QED) is 0.566. The molecule has 0 aromatic heterocycles. The normalized spacial score (nSPS) is 20.5. The molecule has 1 heterocycles. The van der Waals surface area contributed by atoms with Gasteiger partial charge in [0.25, 0.3) is 0 Å². The zero-order valence-electron chi connectivity index (χ0n) is 12.6. The molecule has 7 nitrogen and oxygen atoms in total. The SMILES string of the molecule is CC(C)CN1C(=O)C(=O)N(CC(=O)N[C@H](C)C2CC2)C1=O. The summed E-state index contributed by atoms with van der Waals surface area (Å²) < 4.78 is 0. The highest BCUT2D eigenvalue weighted by molar-refractivity contribution is 6.45. The van der Waals surface area contributed by atoms with Gasteiger partial charge in [0.2, 0.25) is 5.91 Å². The molecule has 0 aromatic rings. The number of carbonyl (C=O) groups is 4. The highest BCUT2D eigenvalue weighted by Gasteiger charge is 2.45. The zero-order chi connectivity index (χ0) is 15.7. The Morgan fingerprint density at radius 2 is 1.71 bits per heavy atom. The average Bonchev–Trinajstić information content (AvgIpc) is 3.21. The Morgan fingerprint density at radius 3 is 2.24 bits per heavy atom. The van der Waals surface area contributed by atoms with Crippen LogP contribution >= 0.6 is 0 Å². The molecular formula is C14H21N3O4. The summed E-state index contributed by atoms with van der Waals surface area (Å²) in [4.78, 5) is 49.1. The predicted octanol–water partition coefficient (Wildman–Crippen LogP) is 0.348. The highest BCUT2D eigenvalue weighted by atomic mass is 16.2. The van der Waals surface area contributed by atoms with E-state index in [1.165, 1.54) is 0 Å². The number of hydrogen-bond donors (Lipinski definition) is 1. The topological polar surface area (TPSA) is 86.8 Å². The Labute approximate surface area is 123 Å². The summed E-state index contributed by atoms with van der Waals surface area (Å²) in [7, 11) is 0. The third kappa shape index (κ3) is 3.40. The lowest BCUT2D eigenvalue weighted by Crippen LogP contribution is -2.44. The van der Waals surface area contributed by atoms with Crippen LogP contribution in [0.1, 0.15) is 33.6 Å². The van der Waals surface area contributed by atoms with Crippen molar-refractivity contribution in [2.24, 2.45) is 11.8 Å². The number of urea groups is 1. The second kappa shape index (κ2) is 5.83. The van der Waals surface area contributed by atoms with Crippen LogP contribution in [0.15, 0.2) is 0 Å². The van der Waals surface area contributed by atoms with Crippen molar-refractivity contribution in [3.05, 3.63) is 0 Å². The summed E-state index contributed by atoms with van der Waals surface area (Å²) in [6, 6.07) is -0.666. The Balaban J connectivity index is 1.95. The van der Waals surface area contributed by atoms with Gasteiger partial charge in [0, 0.05) is 12.6 Å². The van der Waals surface area contributed by atoms with Crippen molar-refractivity contribution in [2.75, 3.05) is 13.1 Å². The van der Waals surface area contributed by atoms with Gasteiger partial charge in [0.15, 0.2) is 0 Å². The lowest BCUT2D eigenvalue weighted by atomic mass is 10.2. The van der Waals surface area contributed by atoms with Gasteiger partial charge in [-0.2, -0.15) is 0 Å². The van der Waals surface area contributed by atoms with Crippen LogP contribution in [0.5, 0.6) is 0 Å². The van der Waals surface area contributed by atoms with Gasteiger partial charge in [-0.3, -0.25) is 19.3 Å². The van der Waals surface area contributed by atoms with Gasteiger partial charge < -0.3 is 5.32 Å². The van der Waals surface area contributed by atoms with Gasteiger partial charge in [-0.1, -0.05) is 13.8 Å². The van der Waals surface area contributed by atoms with E-state index in [0.29, 0.717) is 5.92 Å². The molecular weight excluding hydrogens is 274 g/mol. The van der Waals surface area contributed by atoms with Crippen LogP contribution < -0.4 is 5.32 Å². The largest absolute Gasteiger partial charge is 0.352 e. The molecule has 1 aliphatic heterocycles. The minimum atomic E-state index is -0.921. The van der Waals surface area contributed by atoms with Crippen molar-refractivity contribution in [3.63, 3.8) is 0 Å². The molecule has 1 N–H and O–H groups in total. The van der Waals surface area contributed by atoms with E-state index in [4.69, 9.17) is 0 Å². The molecule has 21 heavy (non-hydrogen) atoms. The first-order valence-electron chi connectivity index (χ1n) is 7.28. The molecule has 1 atom stereocenters. The van der Waals surface area contributed by atoms with Crippen molar-refractivity contribution in [2.45, 2.75) is 39.7 Å². The fourth-order valence-corrected chi connectivity index (χ4v) is 2.37. The molecule has 7 heteroatoms. The zero-order valence-corrected chi connectivity index (χ0v) is 12.6. The average molecular weight is 295 g/mol. The van der Waals surface area contributed by atoms with Crippen LogP contribution in [0.3, 0.4) is 0 Å². The molecule has 2 aliphatic rings. The Bertz CT molecular complexity index is 485. The van der Waals surface area contributed by atoms with Crippen LogP contribution in [0.4, 0.5) is 4.79 Å². The molecule has 2 fully saturated rings. The third-order valence-electron chi connectivity index (χ3n) is 3.70. The number of carbonyl (C=O) groups excluding carboxylic acids is 4. The fraction of sp³-hybridized carbons (Fsp3) is 0.714. The van der Waals surface area contributed by atoms with Crippen LogP contribution in [0.2, 0.25) is 0 Å². The molecule has 0 unspecified atom stereocenters. The Morgan fingerprint density at radius 1 is 1.14 bits per heavy atom. The van der Waals surface area contributed by atoms with Crippen molar-refractivity contribution >= 4 is 23.8 Å². The van der Waals surface area contributed by atoms with E-state index in [2.05, 4.69) is 5.32 Å². The van der Waals surface area contributed by atoms with E-state index >= 15 is 0 Å². The van der Waals surface area contributed by atoms with Crippen molar-refractivity contribution in [1.82, 2.24) is 15.1 Å². The highest BCUT2D eigenvalue weighted by Crippen LogP contribution is 2.32. The number of rotatable bonds is 6. The Kier molecular flexibility index (Phi) is 4.29. The maximum absolute atomic E-state index is 12.1. The minimum Gasteiger partial charge on any atom is -0.352 e. The van der Waals surface area contributed by atoms with Gasteiger partial charge in [-0.15, -0.1) is 0 Å². The molecule has 116 valence electrons. The molecule has 1 saturated heterocycles. The molecule has 0 aromatic carbocycles. The molecule has 0 bridgehead atoms. The summed E-state index contributed by atoms with van der Waals surface area (Å²) in [6.07, 6.45) is 2.17. The standard InChI is InChI=1S/C14H21N3O4/c1-8(2)6-16-12(19)13(20)17(14(16)21)7-11(18)15-9(3)10-4-5-10/h8-10H,4-7H2,1-3H3,(H,15,18)/t9-/m1/s1. The number of nitrogens with zero attached hydrogens (tertiary/aromatic N) is 2. The van der Waals surface area contributed by atoms with Crippen LogP contribution in [-0.2, 0) is 14.4 Å². The minimum absolute atomic E-state index is 0.0350. The van der Waals surface area contributed by atoms with Gasteiger partial charge in [-0.05, 0) is 31.6 Å². The fourth-order valence-electron chi connectivity index (χ4n) is 2.37. The number of nitrogens with one attached hydrogen (secondary N) is 1. The van der Waals surface area contributed by atoms with E-state index < -0.39 is 30.3 Å². The van der Waals surface area contributed by atoms with Crippen molar-refractivity contribution < 1.29 is 19.2 Å². The first-order chi connectivity index (χ1) is 9.81. The van der Waals surface area contributed by atoms with Crippen molar-refractivity contribution in [3.8, 4) is 0 Å². The van der Waals surface area contributed by atoms with Crippen LogP contribution in [-0.4, -0.2) is 52.7 Å². The maximum Gasteiger partial charge on any atom is 0.334 e. The van der Waals surface area contributed by atoms with E-state index in [1.807, 2.05) is 20.8 Å². The molecule has 1 aliphatic carbocycles. The van der Waals surface area contributed by atoms with Gasteiger partial charge in [-0.25, -0.2) is 9.69 Å². The predicted molar refractivity (Wildman–Crippen MR) is 74.0 cm³/mol. The molecule has 5 amide bonds. The molecule has 0 radical (unpaired) electrons. The number of amides is 5. The van der Waals surface area contributed by atoms with E-state index in [-0.39, 0.29) is 18.5 Å². The first-order valence-corrected chi connectivity index (χ1v) is 7.28. The molecule has 2 rings (SSSR count). The monoisotopic (exact) mass is 295 g/mol. The number of hydrogen-bond acceptors (Lipinski definition) is 4. The molecule has 0 spiro atoms. The van der Waals surface area contributed by atoms with Gasteiger partial charge in [0.1, 0.15) is 6.54 Å². The van der Waals surface area contributed by atoms with Crippen LogP contribution in [0.25, 0.3) is 0 Å². The summed E-state index contributed by atoms with van der Waals surface area (Å²) in [6.45, 7) is 5.38. The van der Waals surface area contributed by atoms with Crippen LogP contribution in [0, 0.1) is 11.8 Å². The second-order valence-electron chi connectivity index (χ2n) is 6.18. The summed E-state index contributed by atoms with van der Waals surface area (Å²) in [5.41, 5.74) is 0. The third-order valence-corrected chi connectivity index (χ3v) is 3.70. The summed E-state index contributed by atoms with van der Waals surface area (Å²) >= 11 is 0. The lowest BCUT2D eigenvalue weighted by molar-refractivity contribution is -0.144. The van der Waals surface area contributed by atoms with Gasteiger partial charge in [0.05, 0.1) is 0 Å². The summed E-state index contributed by atoms with van der Waals surface area (Å²) in [5, 5.41) is 2.77. The van der Waals surface area contributed by atoms with E-state index in [1.54, 1.807) is 0 Å². The Hall–Kier alpha value is -1.92.